The van der Waals surface area contributed by atoms with Crippen LogP contribution in [0.4, 0.5) is 13.2 Å². The van der Waals surface area contributed by atoms with Crippen LogP contribution in [0.2, 0.25) is 0 Å². The van der Waals surface area contributed by atoms with Crippen LogP contribution in [0.1, 0.15) is 22.8 Å². The number of hydrogen-bond acceptors (Lipinski definition) is 5. The lowest BCUT2D eigenvalue weighted by molar-refractivity contribution is -0.176. The van der Waals surface area contributed by atoms with E-state index in [0.717, 1.165) is 0 Å². The summed E-state index contributed by atoms with van der Waals surface area (Å²) in [5.41, 5.74) is 0.708. The first kappa shape index (κ1) is 22.2. The van der Waals surface area contributed by atoms with Gasteiger partial charge in [0.05, 0.1) is 18.1 Å². The van der Waals surface area contributed by atoms with E-state index in [4.69, 9.17) is 0 Å². The lowest BCUT2D eigenvalue weighted by Crippen LogP contribution is -2.51. The zero-order valence-electron chi connectivity index (χ0n) is 15.2. The third-order valence-corrected chi connectivity index (χ3v) is 5.73. The number of halogens is 3. The highest BCUT2D eigenvalue weighted by molar-refractivity contribution is 7.91. The summed E-state index contributed by atoms with van der Waals surface area (Å²) >= 11 is 0. The monoisotopic (exact) mass is 422 g/mol. The molecule has 2 rings (SSSR count). The minimum atomic E-state index is -4.40. The number of amides is 2. The van der Waals surface area contributed by atoms with Crippen LogP contribution >= 0.6 is 0 Å². The Morgan fingerprint density at radius 3 is 2.29 bits per heavy atom. The van der Waals surface area contributed by atoms with Crippen molar-refractivity contribution in [1.82, 2.24) is 10.2 Å². The topological polar surface area (TPSA) is 92.8 Å². The number of rotatable bonds is 6. The minimum absolute atomic E-state index is 0.0913. The van der Waals surface area contributed by atoms with Gasteiger partial charge in [0.2, 0.25) is 5.91 Å². The summed E-state index contributed by atoms with van der Waals surface area (Å²) in [5.74, 6) is -1.09. The van der Waals surface area contributed by atoms with E-state index < -0.39 is 34.6 Å². The first-order valence-electron chi connectivity index (χ1n) is 8.50. The Hall–Kier alpha value is -2.14. The van der Waals surface area contributed by atoms with Crippen LogP contribution in [-0.2, 0) is 26.0 Å². The van der Waals surface area contributed by atoms with Crippen molar-refractivity contribution in [3.05, 3.63) is 35.4 Å². The highest BCUT2D eigenvalue weighted by atomic mass is 32.2. The molecule has 0 aliphatic carbocycles. The van der Waals surface area contributed by atoms with Crippen molar-refractivity contribution in [1.29, 1.82) is 0 Å². The molecule has 1 fully saturated rings. The van der Waals surface area contributed by atoms with Gasteiger partial charge in [0, 0.05) is 18.7 Å². The number of nitrogens with zero attached hydrogens (tertiary/aromatic N) is 1. The fourth-order valence-electron chi connectivity index (χ4n) is 2.59. The maximum Gasteiger partial charge on any atom is 0.411 e. The number of sulfone groups is 1. The predicted molar refractivity (Wildman–Crippen MR) is 94.3 cm³/mol. The number of carbonyl (C=O) groups is 2. The third kappa shape index (κ3) is 6.79. The van der Waals surface area contributed by atoms with Gasteiger partial charge in [0.1, 0.15) is 12.6 Å². The predicted octanol–water partition coefficient (Wildman–Crippen LogP) is 1.14. The summed E-state index contributed by atoms with van der Waals surface area (Å²) < 4.78 is 63.5. The van der Waals surface area contributed by atoms with Gasteiger partial charge in [-0.05, 0) is 24.6 Å². The van der Waals surface area contributed by atoms with E-state index >= 15 is 0 Å². The molecule has 1 aliphatic heterocycles. The number of alkyl halides is 3. The summed E-state index contributed by atoms with van der Waals surface area (Å²) in [5, 5.41) is 2.54. The molecule has 7 nitrogen and oxygen atoms in total. The van der Waals surface area contributed by atoms with Gasteiger partial charge in [-0.3, -0.25) is 9.59 Å². The van der Waals surface area contributed by atoms with Crippen LogP contribution in [0.5, 0.6) is 0 Å². The van der Waals surface area contributed by atoms with Crippen molar-refractivity contribution in [3.63, 3.8) is 0 Å². The molecule has 1 heterocycles. The van der Waals surface area contributed by atoms with Crippen molar-refractivity contribution >= 4 is 21.7 Å². The molecule has 1 aliphatic rings. The molecule has 1 aromatic carbocycles. The van der Waals surface area contributed by atoms with Crippen LogP contribution in [0, 0.1) is 0 Å². The molecular formula is C17H21F3N2O5S. The average Bonchev–Trinajstić information content (AvgIpc) is 2.60. The highest BCUT2D eigenvalue weighted by Gasteiger charge is 2.29. The third-order valence-electron chi connectivity index (χ3n) is 4.12. The smallest absolute Gasteiger partial charge is 0.367 e. The SMILES string of the molecule is CC(NC(=O)c1ccc(COCC(F)(F)F)cc1)C(=O)N1CCS(=O)(=O)CC1. The lowest BCUT2D eigenvalue weighted by Gasteiger charge is -2.29. The van der Waals surface area contributed by atoms with E-state index in [1.807, 2.05) is 0 Å². The molecule has 1 N–H and O–H groups in total. The Bertz CT molecular complexity index is 795. The molecule has 1 unspecified atom stereocenters. The van der Waals surface area contributed by atoms with Crippen LogP contribution in [0.15, 0.2) is 24.3 Å². The fraction of sp³-hybridized carbons (Fsp3) is 0.529. The number of nitrogens with one attached hydrogen (secondary N) is 1. The average molecular weight is 422 g/mol. The number of benzene rings is 1. The van der Waals surface area contributed by atoms with Gasteiger partial charge in [0.15, 0.2) is 9.84 Å². The second kappa shape index (κ2) is 8.91. The summed E-state index contributed by atoms with van der Waals surface area (Å²) in [6, 6.07) is 4.93. The van der Waals surface area contributed by atoms with Gasteiger partial charge in [-0.1, -0.05) is 12.1 Å². The van der Waals surface area contributed by atoms with Crippen molar-refractivity contribution in [2.24, 2.45) is 0 Å². The molecular weight excluding hydrogens is 401 g/mol. The van der Waals surface area contributed by atoms with Gasteiger partial charge in [-0.25, -0.2) is 8.42 Å². The van der Waals surface area contributed by atoms with Gasteiger partial charge in [-0.15, -0.1) is 0 Å². The molecule has 0 spiro atoms. The van der Waals surface area contributed by atoms with E-state index in [0.29, 0.717) is 5.56 Å². The van der Waals surface area contributed by atoms with Crippen LogP contribution in [-0.4, -0.2) is 68.6 Å². The van der Waals surface area contributed by atoms with Gasteiger partial charge >= 0.3 is 6.18 Å². The Morgan fingerprint density at radius 2 is 1.75 bits per heavy atom. The Balaban J connectivity index is 1.85. The van der Waals surface area contributed by atoms with Gasteiger partial charge in [-0.2, -0.15) is 13.2 Å². The van der Waals surface area contributed by atoms with Crippen LogP contribution in [0.25, 0.3) is 0 Å². The van der Waals surface area contributed by atoms with Crippen LogP contribution in [0.3, 0.4) is 0 Å². The molecule has 156 valence electrons. The molecule has 0 radical (unpaired) electrons. The molecule has 2 amide bonds. The Morgan fingerprint density at radius 1 is 1.18 bits per heavy atom. The van der Waals surface area contributed by atoms with Crippen molar-refractivity contribution < 1.29 is 35.9 Å². The van der Waals surface area contributed by atoms with E-state index in [1.165, 1.54) is 36.1 Å². The summed E-state index contributed by atoms with van der Waals surface area (Å²) in [4.78, 5) is 26.0. The van der Waals surface area contributed by atoms with Crippen LogP contribution < -0.4 is 5.32 Å². The summed E-state index contributed by atoms with van der Waals surface area (Å²) in [7, 11) is -3.11. The standard InChI is InChI=1S/C17H21F3N2O5S/c1-12(16(24)22-6-8-28(25,26)9-7-22)21-15(23)14-4-2-13(3-5-14)10-27-11-17(18,19)20/h2-5,12H,6-11H2,1H3,(H,21,23). The van der Waals surface area contributed by atoms with Gasteiger partial charge < -0.3 is 15.0 Å². The quantitative estimate of drug-likeness (QED) is 0.742. The maximum atomic E-state index is 12.3. The van der Waals surface area contributed by atoms with E-state index in [-0.39, 0.29) is 42.7 Å². The van der Waals surface area contributed by atoms with Crippen molar-refractivity contribution in [2.75, 3.05) is 31.2 Å². The highest BCUT2D eigenvalue weighted by Crippen LogP contribution is 2.16. The summed E-state index contributed by atoms with van der Waals surface area (Å²) in [6.45, 7) is 0.0888. The lowest BCUT2D eigenvalue weighted by atomic mass is 10.1. The zero-order chi connectivity index (χ0) is 20.9. The first-order valence-corrected chi connectivity index (χ1v) is 10.3. The Labute approximate surface area is 160 Å². The molecule has 1 atom stereocenters. The molecule has 0 aromatic heterocycles. The Kier molecular flexibility index (Phi) is 7.05. The van der Waals surface area contributed by atoms with E-state index in [1.54, 1.807) is 0 Å². The molecule has 1 aromatic rings. The number of hydrogen-bond donors (Lipinski definition) is 1. The largest absolute Gasteiger partial charge is 0.411 e. The maximum absolute atomic E-state index is 12.3. The number of ether oxygens (including phenoxy) is 1. The molecule has 11 heteroatoms. The second-order valence-electron chi connectivity index (χ2n) is 6.48. The van der Waals surface area contributed by atoms with Crippen molar-refractivity contribution in [3.8, 4) is 0 Å². The zero-order valence-corrected chi connectivity index (χ0v) is 16.0. The van der Waals surface area contributed by atoms with Gasteiger partial charge in [0.25, 0.3) is 5.91 Å². The van der Waals surface area contributed by atoms with E-state index in [2.05, 4.69) is 10.1 Å². The van der Waals surface area contributed by atoms with Crippen molar-refractivity contribution in [2.45, 2.75) is 25.7 Å². The number of carbonyl (C=O) groups excluding carboxylic acids is 2. The fourth-order valence-corrected chi connectivity index (χ4v) is 3.79. The summed E-state index contributed by atoms with van der Waals surface area (Å²) in [6.07, 6.45) is -4.40. The second-order valence-corrected chi connectivity index (χ2v) is 8.78. The molecule has 1 saturated heterocycles. The molecule has 0 saturated carbocycles. The minimum Gasteiger partial charge on any atom is -0.367 e. The molecule has 0 bridgehead atoms. The first-order chi connectivity index (χ1) is 13.0. The normalized spacial score (nSPS) is 17.8. The van der Waals surface area contributed by atoms with E-state index in [9.17, 15) is 31.2 Å². The molecule has 28 heavy (non-hydrogen) atoms.